The van der Waals surface area contributed by atoms with Crippen molar-refractivity contribution in [2.45, 2.75) is 31.4 Å². The summed E-state index contributed by atoms with van der Waals surface area (Å²) in [6.07, 6.45) is 1.88. The topological polar surface area (TPSA) is 72.0 Å². The maximum atomic E-state index is 15.1. The molecule has 8 heteroatoms. The zero-order chi connectivity index (χ0) is 18.7. The smallest absolute Gasteiger partial charge is 0.260 e. The molecule has 0 saturated carbocycles. The number of alkyl halides is 1. The van der Waals surface area contributed by atoms with Crippen LogP contribution >= 0.6 is 0 Å². The lowest BCUT2D eigenvalue weighted by molar-refractivity contribution is -0.145. The molecule has 0 aromatic carbocycles. The maximum Gasteiger partial charge on any atom is 0.260 e. The van der Waals surface area contributed by atoms with Gasteiger partial charge in [0.1, 0.15) is 5.56 Å². The van der Waals surface area contributed by atoms with Crippen LogP contribution in [-0.2, 0) is 4.79 Å². The van der Waals surface area contributed by atoms with Gasteiger partial charge in [-0.1, -0.05) is 0 Å². The highest BCUT2D eigenvalue weighted by Gasteiger charge is 2.45. The van der Waals surface area contributed by atoms with E-state index >= 15 is 4.39 Å². The molecule has 2 aliphatic rings. The van der Waals surface area contributed by atoms with Gasteiger partial charge in [-0.3, -0.25) is 9.59 Å². The van der Waals surface area contributed by atoms with Gasteiger partial charge >= 0.3 is 0 Å². The largest absolute Gasteiger partial charge is 0.481 e. The number of pyridine rings is 1. The summed E-state index contributed by atoms with van der Waals surface area (Å²) in [5, 5.41) is 0. The van der Waals surface area contributed by atoms with E-state index in [4.69, 9.17) is 9.47 Å². The van der Waals surface area contributed by atoms with E-state index in [0.29, 0.717) is 24.5 Å². The molecule has 2 amide bonds. The molecule has 1 aromatic rings. The average Bonchev–Trinajstić information content (AvgIpc) is 3.21. The Kier molecular flexibility index (Phi) is 5.29. The molecule has 2 saturated heterocycles. The number of aromatic nitrogens is 1. The Morgan fingerprint density at radius 1 is 1.04 bits per heavy atom. The van der Waals surface area contributed by atoms with Gasteiger partial charge in [0.2, 0.25) is 11.8 Å². The maximum absolute atomic E-state index is 15.1. The van der Waals surface area contributed by atoms with Crippen molar-refractivity contribution in [3.8, 4) is 11.8 Å². The van der Waals surface area contributed by atoms with Crippen LogP contribution in [0.15, 0.2) is 12.1 Å². The van der Waals surface area contributed by atoms with Crippen molar-refractivity contribution in [3.05, 3.63) is 17.7 Å². The van der Waals surface area contributed by atoms with Crippen LogP contribution in [0.4, 0.5) is 4.39 Å². The van der Waals surface area contributed by atoms with E-state index in [1.165, 1.54) is 14.2 Å². The van der Waals surface area contributed by atoms with Crippen LogP contribution in [0.1, 0.15) is 36.0 Å². The van der Waals surface area contributed by atoms with Gasteiger partial charge in [0.25, 0.3) is 11.8 Å². The summed E-state index contributed by atoms with van der Waals surface area (Å²) >= 11 is 0. The quantitative estimate of drug-likeness (QED) is 0.812. The van der Waals surface area contributed by atoms with Crippen LogP contribution in [-0.4, -0.2) is 72.7 Å². The fourth-order valence-electron chi connectivity index (χ4n) is 3.51. The second-order valence-electron chi connectivity index (χ2n) is 6.67. The third-order valence-corrected chi connectivity index (χ3v) is 5.09. The van der Waals surface area contributed by atoms with E-state index in [0.717, 1.165) is 12.8 Å². The lowest BCUT2D eigenvalue weighted by Gasteiger charge is -2.37. The summed E-state index contributed by atoms with van der Waals surface area (Å²) in [5.74, 6) is -0.200. The Bertz CT molecular complexity index is 683. The lowest BCUT2D eigenvalue weighted by Crippen LogP contribution is -2.52. The van der Waals surface area contributed by atoms with Gasteiger partial charge in [0.15, 0.2) is 5.67 Å². The normalized spacial score (nSPS) is 19.3. The van der Waals surface area contributed by atoms with Crippen molar-refractivity contribution < 1.29 is 23.5 Å². The fraction of sp³-hybridized carbons (Fsp3) is 0.611. The van der Waals surface area contributed by atoms with Gasteiger partial charge in [-0.05, 0) is 18.9 Å². The fourth-order valence-corrected chi connectivity index (χ4v) is 3.51. The van der Waals surface area contributed by atoms with E-state index in [-0.39, 0.29) is 37.7 Å². The number of methoxy groups -OCH3 is 2. The summed E-state index contributed by atoms with van der Waals surface area (Å²) in [4.78, 5) is 32.5. The minimum Gasteiger partial charge on any atom is -0.481 e. The summed E-state index contributed by atoms with van der Waals surface area (Å²) in [7, 11) is 2.90. The number of piperidine rings is 1. The van der Waals surface area contributed by atoms with Gasteiger partial charge < -0.3 is 19.3 Å². The molecular formula is C18H24FN3O4. The highest BCUT2D eigenvalue weighted by Crippen LogP contribution is 2.31. The molecule has 26 heavy (non-hydrogen) atoms. The van der Waals surface area contributed by atoms with E-state index in [2.05, 4.69) is 4.98 Å². The number of amides is 2. The molecule has 1 aromatic heterocycles. The third kappa shape index (κ3) is 3.45. The first kappa shape index (κ1) is 18.4. The molecule has 0 bridgehead atoms. The van der Waals surface area contributed by atoms with Gasteiger partial charge in [-0.25, -0.2) is 4.39 Å². The molecule has 3 rings (SSSR count). The number of carbonyl (C=O) groups excluding carboxylic acids is 2. The number of ether oxygens (including phenoxy) is 2. The Balaban J connectivity index is 1.67. The molecule has 0 spiro atoms. The Hall–Kier alpha value is -2.38. The first-order valence-electron chi connectivity index (χ1n) is 8.85. The van der Waals surface area contributed by atoms with Crippen LogP contribution < -0.4 is 9.47 Å². The molecule has 0 radical (unpaired) electrons. The van der Waals surface area contributed by atoms with Crippen molar-refractivity contribution in [2.24, 2.45) is 0 Å². The first-order chi connectivity index (χ1) is 12.5. The third-order valence-electron chi connectivity index (χ3n) is 5.09. The Morgan fingerprint density at radius 2 is 1.69 bits per heavy atom. The molecular weight excluding hydrogens is 341 g/mol. The first-order valence-corrected chi connectivity index (χ1v) is 8.85. The summed E-state index contributed by atoms with van der Waals surface area (Å²) in [5.41, 5.74) is -1.57. The van der Waals surface area contributed by atoms with E-state index in [1.807, 2.05) is 0 Å². The Morgan fingerprint density at radius 3 is 2.27 bits per heavy atom. The summed E-state index contributed by atoms with van der Waals surface area (Å²) < 4.78 is 25.3. The van der Waals surface area contributed by atoms with Crippen LogP contribution in [0, 0.1) is 0 Å². The lowest BCUT2D eigenvalue weighted by atomic mass is 9.91. The number of carbonyl (C=O) groups is 2. The van der Waals surface area contributed by atoms with Gasteiger partial charge in [0.05, 0.1) is 14.2 Å². The number of rotatable bonds is 4. The average molecular weight is 365 g/mol. The predicted octanol–water partition coefficient (Wildman–Crippen LogP) is 1.67. The Labute approximate surface area is 152 Å². The van der Waals surface area contributed by atoms with Crippen LogP contribution in [0.25, 0.3) is 0 Å². The molecule has 0 N–H and O–H groups in total. The second-order valence-corrected chi connectivity index (χ2v) is 6.67. The van der Waals surface area contributed by atoms with Crippen LogP contribution in [0.2, 0.25) is 0 Å². The molecule has 2 fully saturated rings. The van der Waals surface area contributed by atoms with Gasteiger partial charge in [0, 0.05) is 45.1 Å². The van der Waals surface area contributed by atoms with Crippen LogP contribution in [0.5, 0.6) is 11.8 Å². The monoisotopic (exact) mass is 365 g/mol. The zero-order valence-corrected chi connectivity index (χ0v) is 15.2. The summed E-state index contributed by atoms with van der Waals surface area (Å²) in [6.45, 7) is 1.62. The zero-order valence-electron chi connectivity index (χ0n) is 15.2. The highest BCUT2D eigenvalue weighted by molar-refractivity contribution is 5.97. The van der Waals surface area contributed by atoms with Crippen molar-refractivity contribution >= 4 is 11.8 Å². The minimum absolute atomic E-state index is 0.0139. The number of hydrogen-bond donors (Lipinski definition) is 0. The molecule has 0 unspecified atom stereocenters. The summed E-state index contributed by atoms with van der Waals surface area (Å²) in [6, 6.07) is 3.16. The van der Waals surface area contributed by atoms with Crippen molar-refractivity contribution in [3.63, 3.8) is 0 Å². The van der Waals surface area contributed by atoms with Crippen molar-refractivity contribution in [2.75, 3.05) is 40.4 Å². The van der Waals surface area contributed by atoms with E-state index in [1.54, 1.807) is 21.9 Å². The number of nitrogens with zero attached hydrogens (tertiary/aromatic N) is 3. The number of hydrogen-bond acceptors (Lipinski definition) is 5. The van der Waals surface area contributed by atoms with Crippen LogP contribution in [0.3, 0.4) is 0 Å². The second kappa shape index (κ2) is 7.47. The molecule has 3 heterocycles. The molecule has 7 nitrogen and oxygen atoms in total. The van der Waals surface area contributed by atoms with Crippen molar-refractivity contribution in [1.29, 1.82) is 0 Å². The number of halogens is 1. The predicted molar refractivity (Wildman–Crippen MR) is 92.1 cm³/mol. The van der Waals surface area contributed by atoms with E-state index < -0.39 is 11.6 Å². The van der Waals surface area contributed by atoms with E-state index in [9.17, 15) is 9.59 Å². The minimum atomic E-state index is -1.87. The molecule has 142 valence electrons. The highest BCUT2D eigenvalue weighted by atomic mass is 19.1. The molecule has 0 atom stereocenters. The SMILES string of the molecule is COc1ccc(C(=O)N2CCC(F)(C(=O)N3CCCC3)CC2)c(OC)n1. The standard InChI is InChI=1S/C18H24FN3O4/c1-25-14-6-5-13(15(20-14)26-2)16(23)21-11-7-18(19,8-12-21)17(24)22-9-3-4-10-22/h5-6H,3-4,7-12H2,1-2H3. The van der Waals surface area contributed by atoms with Gasteiger partial charge in [-0.15, -0.1) is 0 Å². The number of likely N-dealkylation sites (tertiary alicyclic amines) is 2. The molecule has 0 aliphatic carbocycles. The van der Waals surface area contributed by atoms with Gasteiger partial charge in [-0.2, -0.15) is 4.98 Å². The molecule has 2 aliphatic heterocycles. The van der Waals surface area contributed by atoms with Crippen molar-refractivity contribution in [1.82, 2.24) is 14.8 Å².